The number of benzene rings is 1. The van der Waals surface area contributed by atoms with Crippen LogP contribution in [0.2, 0.25) is 0 Å². The van der Waals surface area contributed by atoms with E-state index in [9.17, 15) is 26.0 Å². The van der Waals surface area contributed by atoms with Gasteiger partial charge in [0.1, 0.15) is 11.9 Å². The average Bonchev–Trinajstić information content (AvgIpc) is 2.99. The van der Waals surface area contributed by atoms with Crippen LogP contribution in [-0.2, 0) is 24.8 Å². The second kappa shape index (κ2) is 7.26. The molecule has 0 radical (unpaired) electrons. The molecule has 1 aliphatic heterocycles. The third-order valence-corrected chi connectivity index (χ3v) is 7.15. The van der Waals surface area contributed by atoms with Gasteiger partial charge in [-0.25, -0.2) is 21.2 Å². The maximum absolute atomic E-state index is 14.2. The molecule has 1 fully saturated rings. The molecule has 0 aliphatic carbocycles. The van der Waals surface area contributed by atoms with Gasteiger partial charge >= 0.3 is 5.97 Å². The summed E-state index contributed by atoms with van der Waals surface area (Å²) in [4.78, 5) is 10.8. The molecule has 1 atom stereocenters. The number of aliphatic carboxylic acids is 1. The number of nitrogens with one attached hydrogen (secondary N) is 1. The normalized spacial score (nSPS) is 19.0. The van der Waals surface area contributed by atoms with Crippen molar-refractivity contribution in [1.82, 2.24) is 4.31 Å². The molecule has 0 bridgehead atoms. The predicted octanol–water partition coefficient (Wildman–Crippen LogP) is 1.22. The van der Waals surface area contributed by atoms with Gasteiger partial charge in [0, 0.05) is 6.54 Å². The Morgan fingerprint density at radius 2 is 2.04 bits per heavy atom. The Morgan fingerprint density at radius 3 is 2.60 bits per heavy atom. The number of hydrogen-bond donors (Lipinski definition) is 2. The number of carbonyl (C=O) groups is 1. The van der Waals surface area contributed by atoms with Crippen molar-refractivity contribution in [3.05, 3.63) is 24.0 Å². The van der Waals surface area contributed by atoms with Crippen molar-refractivity contribution >= 4 is 31.7 Å². The van der Waals surface area contributed by atoms with Gasteiger partial charge in [-0.1, -0.05) is 6.92 Å². The third kappa shape index (κ3) is 4.28. The highest BCUT2D eigenvalue weighted by Gasteiger charge is 2.39. The number of halogens is 1. The van der Waals surface area contributed by atoms with E-state index in [1.165, 1.54) is 0 Å². The molecule has 0 saturated carbocycles. The van der Waals surface area contributed by atoms with E-state index >= 15 is 0 Å². The summed E-state index contributed by atoms with van der Waals surface area (Å²) in [6.45, 7) is 1.69. The van der Waals surface area contributed by atoms with Crippen LogP contribution in [0, 0.1) is 5.82 Å². The Morgan fingerprint density at radius 1 is 1.36 bits per heavy atom. The fourth-order valence-electron chi connectivity index (χ4n) is 2.64. The number of hydrogen-bond acceptors (Lipinski definition) is 5. The molecule has 140 valence electrons. The van der Waals surface area contributed by atoms with Crippen LogP contribution in [0.25, 0.3) is 0 Å². The summed E-state index contributed by atoms with van der Waals surface area (Å²) in [7, 11) is -7.91. The molecule has 8 nitrogen and oxygen atoms in total. The molecule has 0 aromatic heterocycles. The molecule has 1 heterocycles. The first-order chi connectivity index (χ1) is 11.6. The molecule has 1 aromatic carbocycles. The van der Waals surface area contributed by atoms with E-state index in [0.717, 1.165) is 16.4 Å². The van der Waals surface area contributed by atoms with E-state index in [1.807, 2.05) is 0 Å². The summed E-state index contributed by atoms with van der Waals surface area (Å²) in [6, 6.07) is 1.58. The topological polar surface area (TPSA) is 121 Å². The Kier molecular flexibility index (Phi) is 5.69. The standard InChI is InChI=1S/C14H19FN2O6S2/c1-2-8-24(20,21)16-12-6-5-10(9-11(12)15)25(22,23)17-7-3-4-13(17)14(18)19/h5-6,9,13,16H,2-4,7-8H2,1H3,(H,18,19). The van der Waals surface area contributed by atoms with Crippen molar-refractivity contribution in [2.75, 3.05) is 17.0 Å². The van der Waals surface area contributed by atoms with Gasteiger partial charge in [0.05, 0.1) is 16.3 Å². The van der Waals surface area contributed by atoms with Crippen LogP contribution in [0.4, 0.5) is 10.1 Å². The molecule has 2 rings (SSSR count). The first-order valence-corrected chi connectivity index (χ1v) is 10.7. The molecule has 25 heavy (non-hydrogen) atoms. The highest BCUT2D eigenvalue weighted by molar-refractivity contribution is 7.92. The molecule has 0 spiro atoms. The zero-order valence-corrected chi connectivity index (χ0v) is 15.1. The second-order valence-electron chi connectivity index (χ2n) is 5.67. The summed E-state index contributed by atoms with van der Waals surface area (Å²) in [5, 5.41) is 9.11. The van der Waals surface area contributed by atoms with Crippen LogP contribution in [0.5, 0.6) is 0 Å². The fourth-order valence-corrected chi connectivity index (χ4v) is 5.44. The summed E-state index contributed by atoms with van der Waals surface area (Å²) >= 11 is 0. The lowest BCUT2D eigenvalue weighted by atomic mass is 10.2. The highest BCUT2D eigenvalue weighted by atomic mass is 32.2. The molecule has 1 unspecified atom stereocenters. The van der Waals surface area contributed by atoms with E-state index < -0.39 is 42.8 Å². The van der Waals surface area contributed by atoms with Crippen molar-refractivity contribution in [1.29, 1.82) is 0 Å². The van der Waals surface area contributed by atoms with Crippen LogP contribution in [0.1, 0.15) is 26.2 Å². The molecular weight excluding hydrogens is 375 g/mol. The van der Waals surface area contributed by atoms with Gasteiger partial charge in [-0.15, -0.1) is 0 Å². The van der Waals surface area contributed by atoms with Crippen molar-refractivity contribution in [2.24, 2.45) is 0 Å². The maximum atomic E-state index is 14.2. The second-order valence-corrected chi connectivity index (χ2v) is 9.41. The number of anilines is 1. The monoisotopic (exact) mass is 394 g/mol. The molecule has 0 amide bonds. The van der Waals surface area contributed by atoms with Gasteiger partial charge in [0.15, 0.2) is 0 Å². The lowest BCUT2D eigenvalue weighted by molar-refractivity contribution is -0.140. The molecule has 1 aliphatic rings. The van der Waals surface area contributed by atoms with Gasteiger partial charge in [-0.05, 0) is 37.5 Å². The smallest absolute Gasteiger partial charge is 0.322 e. The maximum Gasteiger partial charge on any atom is 0.322 e. The van der Waals surface area contributed by atoms with E-state index in [4.69, 9.17) is 5.11 Å². The SMILES string of the molecule is CCCS(=O)(=O)Nc1ccc(S(=O)(=O)N2CCCC2C(=O)O)cc1F. The zero-order chi connectivity index (χ0) is 18.8. The predicted molar refractivity (Wildman–Crippen MR) is 88.7 cm³/mol. The highest BCUT2D eigenvalue weighted by Crippen LogP contribution is 2.28. The van der Waals surface area contributed by atoms with E-state index in [2.05, 4.69) is 4.72 Å². The van der Waals surface area contributed by atoms with Gasteiger partial charge in [0.2, 0.25) is 20.0 Å². The van der Waals surface area contributed by atoms with Crippen LogP contribution < -0.4 is 4.72 Å². The fraction of sp³-hybridized carbons (Fsp3) is 0.500. The first-order valence-electron chi connectivity index (χ1n) is 7.63. The molecule has 2 N–H and O–H groups in total. The number of nitrogens with zero attached hydrogens (tertiary/aromatic N) is 1. The Bertz CT molecular complexity index is 869. The van der Waals surface area contributed by atoms with Gasteiger partial charge in [0.25, 0.3) is 0 Å². The van der Waals surface area contributed by atoms with Crippen molar-refractivity contribution in [3.63, 3.8) is 0 Å². The Hall–Kier alpha value is -1.72. The average molecular weight is 394 g/mol. The number of rotatable bonds is 7. The van der Waals surface area contributed by atoms with Crippen molar-refractivity contribution in [2.45, 2.75) is 37.1 Å². The van der Waals surface area contributed by atoms with E-state index in [0.29, 0.717) is 18.9 Å². The van der Waals surface area contributed by atoms with Crippen molar-refractivity contribution in [3.8, 4) is 0 Å². The van der Waals surface area contributed by atoms with E-state index in [1.54, 1.807) is 6.92 Å². The van der Waals surface area contributed by atoms with Crippen LogP contribution in [0.15, 0.2) is 23.1 Å². The van der Waals surface area contributed by atoms with Crippen LogP contribution in [-0.4, -0.2) is 50.6 Å². The summed E-state index contributed by atoms with van der Waals surface area (Å²) < 4.78 is 65.5. The summed E-state index contributed by atoms with van der Waals surface area (Å²) in [6.07, 6.45) is 0.925. The largest absolute Gasteiger partial charge is 0.480 e. The zero-order valence-electron chi connectivity index (χ0n) is 13.5. The Labute approximate surface area is 145 Å². The third-order valence-electron chi connectivity index (χ3n) is 3.77. The van der Waals surface area contributed by atoms with Gasteiger partial charge in [-0.3, -0.25) is 9.52 Å². The summed E-state index contributed by atoms with van der Waals surface area (Å²) in [5.41, 5.74) is -0.358. The van der Waals surface area contributed by atoms with E-state index in [-0.39, 0.29) is 24.4 Å². The molecule has 1 aromatic rings. The van der Waals surface area contributed by atoms with Gasteiger partial charge in [-0.2, -0.15) is 4.31 Å². The molecule has 1 saturated heterocycles. The Balaban J connectivity index is 2.32. The number of sulfonamides is 2. The number of carboxylic acid groups (broad SMARTS) is 1. The number of carboxylic acids is 1. The van der Waals surface area contributed by atoms with Crippen molar-refractivity contribution < 1.29 is 31.1 Å². The summed E-state index contributed by atoms with van der Waals surface area (Å²) in [5.74, 6) is -2.50. The van der Waals surface area contributed by atoms with Crippen LogP contribution in [0.3, 0.4) is 0 Å². The van der Waals surface area contributed by atoms with Crippen LogP contribution >= 0.6 is 0 Å². The quantitative estimate of drug-likeness (QED) is 0.717. The lowest BCUT2D eigenvalue weighted by Crippen LogP contribution is -2.40. The first kappa shape index (κ1) is 19.6. The minimum atomic E-state index is -4.19. The van der Waals surface area contributed by atoms with Gasteiger partial charge < -0.3 is 5.11 Å². The molecular formula is C14H19FN2O6S2. The minimum absolute atomic E-state index is 0.0335. The molecule has 11 heteroatoms. The lowest BCUT2D eigenvalue weighted by Gasteiger charge is -2.21. The minimum Gasteiger partial charge on any atom is -0.480 e.